The van der Waals surface area contributed by atoms with Gasteiger partial charge in [0.25, 0.3) is 0 Å². The van der Waals surface area contributed by atoms with E-state index in [0.29, 0.717) is 5.92 Å². The molecule has 1 atom stereocenters. The summed E-state index contributed by atoms with van der Waals surface area (Å²) in [5.74, 6) is 0.434. The minimum Gasteiger partial charge on any atom is -0.395 e. The average molecular weight is 225 g/mol. The molecule has 0 bridgehead atoms. The zero-order valence-electron chi connectivity index (χ0n) is 10.7. The number of nitrogens with zero attached hydrogens (tertiary/aromatic N) is 2. The molecule has 0 aromatic carbocycles. The molecule has 4 nitrogen and oxygen atoms in total. The standard InChI is InChI=1S/C12H23N3O/c1-5-10-6-11(15(4)14-10)7-13-12(8-16)9(2)3/h6,9,12-13,16H,5,7-8H2,1-4H3. The van der Waals surface area contributed by atoms with Crippen LogP contribution >= 0.6 is 0 Å². The van der Waals surface area contributed by atoms with E-state index in [4.69, 9.17) is 0 Å². The summed E-state index contributed by atoms with van der Waals surface area (Å²) in [6.45, 7) is 7.25. The Hall–Kier alpha value is -0.870. The summed E-state index contributed by atoms with van der Waals surface area (Å²) >= 11 is 0. The number of hydrogen-bond acceptors (Lipinski definition) is 3. The van der Waals surface area contributed by atoms with Crippen molar-refractivity contribution in [2.24, 2.45) is 13.0 Å². The molecule has 0 aliphatic carbocycles. The molecule has 1 aromatic heterocycles. The van der Waals surface area contributed by atoms with Gasteiger partial charge in [-0.1, -0.05) is 20.8 Å². The second-order valence-electron chi connectivity index (χ2n) is 4.52. The van der Waals surface area contributed by atoms with E-state index in [1.54, 1.807) is 0 Å². The maximum absolute atomic E-state index is 9.21. The summed E-state index contributed by atoms with van der Waals surface area (Å²) in [7, 11) is 1.96. The van der Waals surface area contributed by atoms with E-state index in [1.165, 1.54) is 0 Å². The maximum Gasteiger partial charge on any atom is 0.0625 e. The first-order chi connectivity index (χ1) is 7.58. The lowest BCUT2D eigenvalue weighted by atomic mass is 10.1. The normalized spacial score (nSPS) is 13.4. The Labute approximate surface area is 97.7 Å². The van der Waals surface area contributed by atoms with E-state index in [2.05, 4.69) is 37.3 Å². The molecule has 0 saturated carbocycles. The molecule has 0 aliphatic rings. The van der Waals surface area contributed by atoms with Gasteiger partial charge in [-0.05, 0) is 18.4 Å². The Morgan fingerprint density at radius 3 is 2.62 bits per heavy atom. The van der Waals surface area contributed by atoms with Crippen molar-refractivity contribution in [2.45, 2.75) is 39.8 Å². The predicted octanol–water partition coefficient (Wildman–Crippen LogP) is 1.09. The fourth-order valence-corrected chi connectivity index (χ4v) is 1.66. The van der Waals surface area contributed by atoms with Crippen molar-refractivity contribution in [3.05, 3.63) is 17.5 Å². The van der Waals surface area contributed by atoms with E-state index in [1.807, 2.05) is 11.7 Å². The molecule has 0 amide bonds. The van der Waals surface area contributed by atoms with Gasteiger partial charge in [0.05, 0.1) is 18.0 Å². The van der Waals surface area contributed by atoms with Crippen LogP contribution in [0, 0.1) is 5.92 Å². The third-order valence-electron chi connectivity index (χ3n) is 2.94. The van der Waals surface area contributed by atoms with E-state index in [0.717, 1.165) is 24.4 Å². The van der Waals surface area contributed by atoms with Crippen molar-refractivity contribution in [2.75, 3.05) is 6.61 Å². The molecule has 0 spiro atoms. The van der Waals surface area contributed by atoms with Crippen LogP contribution in [-0.2, 0) is 20.0 Å². The van der Waals surface area contributed by atoms with Gasteiger partial charge in [0.1, 0.15) is 0 Å². The highest BCUT2D eigenvalue weighted by atomic mass is 16.3. The van der Waals surface area contributed by atoms with Crippen LogP contribution in [0.15, 0.2) is 6.07 Å². The Bertz CT molecular complexity index is 320. The second-order valence-corrected chi connectivity index (χ2v) is 4.52. The number of aromatic nitrogens is 2. The summed E-state index contributed by atoms with van der Waals surface area (Å²) in [5.41, 5.74) is 2.28. The number of hydrogen-bond donors (Lipinski definition) is 2. The van der Waals surface area contributed by atoms with Gasteiger partial charge in [0, 0.05) is 19.6 Å². The average Bonchev–Trinajstić information content (AvgIpc) is 2.60. The minimum atomic E-state index is 0.153. The van der Waals surface area contributed by atoms with Gasteiger partial charge < -0.3 is 10.4 Å². The van der Waals surface area contributed by atoms with Gasteiger partial charge in [-0.15, -0.1) is 0 Å². The van der Waals surface area contributed by atoms with Gasteiger partial charge in [0.2, 0.25) is 0 Å². The first-order valence-corrected chi connectivity index (χ1v) is 5.94. The van der Waals surface area contributed by atoms with Crippen molar-refractivity contribution in [3.8, 4) is 0 Å². The number of aryl methyl sites for hydroxylation is 2. The van der Waals surface area contributed by atoms with Gasteiger partial charge in [-0.2, -0.15) is 5.10 Å². The highest BCUT2D eigenvalue weighted by molar-refractivity contribution is 5.10. The number of rotatable bonds is 6. The minimum absolute atomic E-state index is 0.153. The fraction of sp³-hybridized carbons (Fsp3) is 0.750. The molecule has 2 N–H and O–H groups in total. The van der Waals surface area contributed by atoms with E-state index < -0.39 is 0 Å². The van der Waals surface area contributed by atoms with Gasteiger partial charge >= 0.3 is 0 Å². The van der Waals surface area contributed by atoms with Crippen molar-refractivity contribution >= 4 is 0 Å². The molecule has 1 aromatic rings. The van der Waals surface area contributed by atoms with Crippen LogP contribution < -0.4 is 5.32 Å². The van der Waals surface area contributed by atoms with Gasteiger partial charge in [-0.25, -0.2) is 0 Å². The molecule has 16 heavy (non-hydrogen) atoms. The molecule has 92 valence electrons. The summed E-state index contributed by atoms with van der Waals surface area (Å²) in [5, 5.41) is 17.0. The lowest BCUT2D eigenvalue weighted by Crippen LogP contribution is -2.36. The molecule has 4 heteroatoms. The molecule has 0 radical (unpaired) electrons. The van der Waals surface area contributed by atoms with Crippen LogP contribution in [0.25, 0.3) is 0 Å². The van der Waals surface area contributed by atoms with Crippen LogP contribution in [0.5, 0.6) is 0 Å². The summed E-state index contributed by atoms with van der Waals surface area (Å²) < 4.78 is 1.90. The van der Waals surface area contributed by atoms with Gasteiger partial charge in [-0.3, -0.25) is 4.68 Å². The Morgan fingerprint density at radius 1 is 1.50 bits per heavy atom. The number of aliphatic hydroxyl groups is 1. The molecule has 0 saturated heterocycles. The smallest absolute Gasteiger partial charge is 0.0625 e. The highest BCUT2D eigenvalue weighted by Crippen LogP contribution is 2.06. The summed E-state index contributed by atoms with van der Waals surface area (Å²) in [6.07, 6.45) is 0.960. The second kappa shape index (κ2) is 6.01. The number of aliphatic hydroxyl groups excluding tert-OH is 1. The first-order valence-electron chi connectivity index (χ1n) is 5.94. The van der Waals surface area contributed by atoms with Crippen LogP contribution in [0.4, 0.5) is 0 Å². The SMILES string of the molecule is CCc1cc(CNC(CO)C(C)C)n(C)n1. The molecular weight excluding hydrogens is 202 g/mol. The predicted molar refractivity (Wildman–Crippen MR) is 65.1 cm³/mol. The van der Waals surface area contributed by atoms with E-state index in [9.17, 15) is 5.11 Å². The number of nitrogens with one attached hydrogen (secondary N) is 1. The molecule has 0 fully saturated rings. The molecule has 0 aliphatic heterocycles. The molecule has 1 heterocycles. The van der Waals surface area contributed by atoms with E-state index >= 15 is 0 Å². The molecule has 1 unspecified atom stereocenters. The molecule has 1 rings (SSSR count). The van der Waals surface area contributed by atoms with Crippen molar-refractivity contribution < 1.29 is 5.11 Å². The largest absolute Gasteiger partial charge is 0.395 e. The Morgan fingerprint density at radius 2 is 2.19 bits per heavy atom. The topological polar surface area (TPSA) is 50.1 Å². The summed E-state index contributed by atoms with van der Waals surface area (Å²) in [6, 6.07) is 2.27. The zero-order chi connectivity index (χ0) is 12.1. The van der Waals surface area contributed by atoms with Crippen molar-refractivity contribution in [1.82, 2.24) is 15.1 Å². The van der Waals surface area contributed by atoms with Crippen LogP contribution in [-0.4, -0.2) is 27.5 Å². The Balaban J connectivity index is 2.56. The van der Waals surface area contributed by atoms with Crippen LogP contribution in [0.3, 0.4) is 0 Å². The highest BCUT2D eigenvalue weighted by Gasteiger charge is 2.12. The fourth-order valence-electron chi connectivity index (χ4n) is 1.66. The Kier molecular flexibility index (Phi) is 4.96. The van der Waals surface area contributed by atoms with Crippen molar-refractivity contribution in [3.63, 3.8) is 0 Å². The monoisotopic (exact) mass is 225 g/mol. The lowest BCUT2D eigenvalue weighted by Gasteiger charge is -2.19. The maximum atomic E-state index is 9.21. The third kappa shape index (κ3) is 3.32. The molecular formula is C12H23N3O. The zero-order valence-corrected chi connectivity index (χ0v) is 10.7. The van der Waals surface area contributed by atoms with Crippen LogP contribution in [0.2, 0.25) is 0 Å². The quantitative estimate of drug-likeness (QED) is 0.762. The summed E-state index contributed by atoms with van der Waals surface area (Å²) in [4.78, 5) is 0. The lowest BCUT2D eigenvalue weighted by molar-refractivity contribution is 0.209. The first kappa shape index (κ1) is 13.2. The van der Waals surface area contributed by atoms with E-state index in [-0.39, 0.29) is 12.6 Å². The van der Waals surface area contributed by atoms with Gasteiger partial charge in [0.15, 0.2) is 0 Å². The third-order valence-corrected chi connectivity index (χ3v) is 2.94. The van der Waals surface area contributed by atoms with Crippen molar-refractivity contribution in [1.29, 1.82) is 0 Å². The van der Waals surface area contributed by atoms with Crippen LogP contribution in [0.1, 0.15) is 32.2 Å².